The highest BCUT2D eigenvalue weighted by molar-refractivity contribution is 5.67. The van der Waals surface area contributed by atoms with Gasteiger partial charge in [0.1, 0.15) is 18.5 Å². The summed E-state index contributed by atoms with van der Waals surface area (Å²) in [5.74, 6) is 1.07. The van der Waals surface area contributed by atoms with Crippen molar-refractivity contribution in [1.29, 1.82) is 0 Å². The lowest BCUT2D eigenvalue weighted by Gasteiger charge is -2.38. The first-order valence-corrected chi connectivity index (χ1v) is 10.8. The minimum atomic E-state index is -0.812. The number of hydrogen-bond donors (Lipinski definition) is 2. The second-order valence-corrected chi connectivity index (χ2v) is 8.32. The van der Waals surface area contributed by atoms with Crippen LogP contribution < -0.4 is 4.74 Å². The Kier molecular flexibility index (Phi) is 6.55. The maximum Gasteiger partial charge on any atom is 0.407 e. The van der Waals surface area contributed by atoms with Gasteiger partial charge in [-0.3, -0.25) is 0 Å². The van der Waals surface area contributed by atoms with E-state index in [2.05, 4.69) is 17.0 Å². The third-order valence-electron chi connectivity index (χ3n) is 6.17. The van der Waals surface area contributed by atoms with Crippen molar-refractivity contribution in [2.75, 3.05) is 26.2 Å². The van der Waals surface area contributed by atoms with Gasteiger partial charge in [-0.25, -0.2) is 4.79 Å². The number of amides is 1. The number of aliphatic hydroxyl groups excluding tert-OH is 1. The van der Waals surface area contributed by atoms with Crippen LogP contribution in [-0.4, -0.2) is 70.5 Å². The van der Waals surface area contributed by atoms with Crippen LogP contribution in [0.2, 0.25) is 0 Å². The van der Waals surface area contributed by atoms with Gasteiger partial charge in [0.15, 0.2) is 0 Å². The summed E-state index contributed by atoms with van der Waals surface area (Å²) in [6.45, 7) is 2.38. The molecular formula is C24H30N2O4. The second-order valence-electron chi connectivity index (χ2n) is 8.32. The summed E-state index contributed by atoms with van der Waals surface area (Å²) >= 11 is 0. The molecule has 1 heterocycles. The molecule has 0 unspecified atom stereocenters. The summed E-state index contributed by atoms with van der Waals surface area (Å²) < 4.78 is 5.63. The Balaban J connectivity index is 1.24. The molecule has 30 heavy (non-hydrogen) atoms. The molecule has 1 aliphatic heterocycles. The molecule has 2 fully saturated rings. The number of β-amino-alcohol motifs (C(OH)–C–C–N with tert-alkyl or cyclic N) is 1. The average molecular weight is 411 g/mol. The van der Waals surface area contributed by atoms with E-state index in [9.17, 15) is 15.0 Å². The van der Waals surface area contributed by atoms with Crippen LogP contribution in [0.15, 0.2) is 60.7 Å². The molecule has 1 aliphatic carbocycles. The molecule has 1 amide bonds. The summed E-state index contributed by atoms with van der Waals surface area (Å²) in [6, 6.07) is 19.8. The smallest absolute Gasteiger partial charge is 0.407 e. The van der Waals surface area contributed by atoms with Crippen LogP contribution in [0.5, 0.6) is 5.75 Å². The number of likely N-dealkylation sites (tertiary alicyclic amines) is 1. The topological polar surface area (TPSA) is 73.2 Å². The molecule has 0 radical (unpaired) electrons. The summed E-state index contributed by atoms with van der Waals surface area (Å²) in [7, 11) is 0. The number of nitrogens with zero attached hydrogens (tertiary/aromatic N) is 2. The van der Waals surface area contributed by atoms with Crippen molar-refractivity contribution in [2.45, 2.75) is 43.4 Å². The van der Waals surface area contributed by atoms with Gasteiger partial charge in [0.25, 0.3) is 0 Å². The van der Waals surface area contributed by atoms with Gasteiger partial charge in [0, 0.05) is 37.6 Å². The van der Waals surface area contributed by atoms with Gasteiger partial charge in [-0.1, -0.05) is 48.5 Å². The largest absolute Gasteiger partial charge is 0.491 e. The van der Waals surface area contributed by atoms with Gasteiger partial charge < -0.3 is 24.7 Å². The van der Waals surface area contributed by atoms with E-state index in [1.54, 1.807) is 4.90 Å². The Bertz CT molecular complexity index is 808. The van der Waals surface area contributed by atoms with Crippen LogP contribution in [0.3, 0.4) is 0 Å². The van der Waals surface area contributed by atoms with Crippen LogP contribution in [0.1, 0.15) is 30.7 Å². The normalized spacial score (nSPS) is 23.0. The van der Waals surface area contributed by atoms with E-state index >= 15 is 0 Å². The summed E-state index contributed by atoms with van der Waals surface area (Å²) in [4.78, 5) is 15.9. The third-order valence-corrected chi connectivity index (χ3v) is 6.17. The van der Waals surface area contributed by atoms with Gasteiger partial charge in [-0.15, -0.1) is 0 Å². The van der Waals surface area contributed by atoms with Crippen molar-refractivity contribution in [3.63, 3.8) is 0 Å². The van der Waals surface area contributed by atoms with Gasteiger partial charge in [-0.2, -0.15) is 0 Å². The van der Waals surface area contributed by atoms with Crippen molar-refractivity contribution in [3.05, 3.63) is 66.2 Å². The first-order chi connectivity index (χ1) is 14.6. The summed E-state index contributed by atoms with van der Waals surface area (Å²) in [6.07, 6.45) is 1.13. The molecule has 2 aromatic rings. The van der Waals surface area contributed by atoms with Crippen molar-refractivity contribution in [2.24, 2.45) is 0 Å². The van der Waals surface area contributed by atoms with Gasteiger partial charge in [0.2, 0.25) is 0 Å². The van der Waals surface area contributed by atoms with Crippen molar-refractivity contribution in [3.8, 4) is 5.75 Å². The van der Waals surface area contributed by atoms with E-state index in [-0.39, 0.29) is 18.7 Å². The van der Waals surface area contributed by atoms with Crippen LogP contribution in [0.25, 0.3) is 0 Å². The number of rotatable bonds is 8. The molecule has 2 N–H and O–H groups in total. The van der Waals surface area contributed by atoms with Crippen LogP contribution in [0, 0.1) is 0 Å². The van der Waals surface area contributed by atoms with Gasteiger partial charge in [0.05, 0.1) is 0 Å². The molecule has 6 heteroatoms. The van der Waals surface area contributed by atoms with E-state index in [1.165, 1.54) is 5.56 Å². The fourth-order valence-electron chi connectivity index (χ4n) is 4.56. The van der Waals surface area contributed by atoms with E-state index in [1.807, 2.05) is 48.5 Å². The SMILES string of the molecule is O=C(O)N(C1CCN(C[C@@H](O)COc2ccccc2)CC1)[C@@H]1C[C@H]1c1ccccc1. The number of piperidine rings is 1. The Labute approximate surface area is 177 Å². The minimum Gasteiger partial charge on any atom is -0.491 e. The number of carboxylic acid groups (broad SMARTS) is 1. The van der Waals surface area contributed by atoms with Crippen molar-refractivity contribution in [1.82, 2.24) is 9.80 Å². The molecule has 1 saturated heterocycles. The highest BCUT2D eigenvalue weighted by atomic mass is 16.5. The molecule has 0 spiro atoms. The number of para-hydroxylation sites is 1. The highest BCUT2D eigenvalue weighted by Gasteiger charge is 2.47. The van der Waals surface area contributed by atoms with E-state index in [4.69, 9.17) is 4.74 Å². The first-order valence-electron chi connectivity index (χ1n) is 10.8. The zero-order valence-corrected chi connectivity index (χ0v) is 17.1. The van der Waals surface area contributed by atoms with E-state index in [0.717, 1.165) is 38.1 Å². The summed E-state index contributed by atoms with van der Waals surface area (Å²) in [5.41, 5.74) is 1.23. The quantitative estimate of drug-likeness (QED) is 0.698. The molecule has 2 aliphatic rings. The molecule has 2 aromatic carbocycles. The molecule has 4 rings (SSSR count). The Morgan fingerprint density at radius 2 is 1.70 bits per heavy atom. The zero-order valence-electron chi connectivity index (χ0n) is 17.1. The fourth-order valence-corrected chi connectivity index (χ4v) is 4.56. The molecule has 0 bridgehead atoms. The van der Waals surface area contributed by atoms with Crippen LogP contribution in [-0.2, 0) is 0 Å². The molecule has 6 nitrogen and oxygen atoms in total. The van der Waals surface area contributed by atoms with Gasteiger partial charge >= 0.3 is 6.09 Å². The van der Waals surface area contributed by atoms with Crippen LogP contribution in [0.4, 0.5) is 4.79 Å². The maximum atomic E-state index is 12.0. The lowest BCUT2D eigenvalue weighted by Crippen LogP contribution is -2.49. The zero-order chi connectivity index (χ0) is 20.9. The highest BCUT2D eigenvalue weighted by Crippen LogP contribution is 2.46. The number of ether oxygens (including phenoxy) is 1. The van der Waals surface area contributed by atoms with Crippen molar-refractivity contribution >= 4 is 6.09 Å². The first kappa shape index (κ1) is 20.7. The summed E-state index contributed by atoms with van der Waals surface area (Å²) in [5, 5.41) is 20.2. The average Bonchev–Trinajstić information content (AvgIpc) is 3.55. The van der Waals surface area contributed by atoms with Crippen LogP contribution >= 0.6 is 0 Å². The Morgan fingerprint density at radius 3 is 2.33 bits per heavy atom. The standard InChI is InChI=1S/C24H30N2O4/c27-20(17-30-21-9-5-2-6-10-21)16-25-13-11-19(12-14-25)26(24(28)29)23-15-22(23)18-7-3-1-4-8-18/h1-10,19-20,22-23,27H,11-17H2,(H,28,29)/t20-,22+,23-/m1/s1. The maximum absolute atomic E-state index is 12.0. The lowest BCUT2D eigenvalue weighted by molar-refractivity contribution is 0.0424. The number of hydrogen-bond acceptors (Lipinski definition) is 4. The monoisotopic (exact) mass is 410 g/mol. The Morgan fingerprint density at radius 1 is 1.07 bits per heavy atom. The molecule has 160 valence electrons. The van der Waals surface area contributed by atoms with E-state index < -0.39 is 12.2 Å². The number of benzene rings is 2. The fraction of sp³-hybridized carbons (Fsp3) is 0.458. The lowest BCUT2D eigenvalue weighted by atomic mass is 10.0. The predicted molar refractivity (Wildman–Crippen MR) is 115 cm³/mol. The molecular weight excluding hydrogens is 380 g/mol. The number of aliphatic hydroxyl groups is 1. The van der Waals surface area contributed by atoms with E-state index in [0.29, 0.717) is 12.5 Å². The van der Waals surface area contributed by atoms with Crippen molar-refractivity contribution < 1.29 is 19.7 Å². The predicted octanol–water partition coefficient (Wildman–Crippen LogP) is 3.43. The second kappa shape index (κ2) is 9.49. The molecule has 0 aromatic heterocycles. The van der Waals surface area contributed by atoms with Gasteiger partial charge in [-0.05, 0) is 37.0 Å². The minimum absolute atomic E-state index is 0.0511. The molecule has 3 atom stereocenters. The molecule has 1 saturated carbocycles. The number of carbonyl (C=O) groups is 1. The Hall–Kier alpha value is -2.57. The third kappa shape index (κ3) is 5.12.